The number of amides is 3. The lowest BCUT2D eigenvalue weighted by Crippen LogP contribution is -2.43. The average Bonchev–Trinajstić information content (AvgIpc) is 2.53. The fourth-order valence-electron chi connectivity index (χ4n) is 2.15. The van der Waals surface area contributed by atoms with Gasteiger partial charge in [0, 0.05) is 32.4 Å². The van der Waals surface area contributed by atoms with Gasteiger partial charge in [-0.15, -0.1) is 0 Å². The van der Waals surface area contributed by atoms with Crippen molar-refractivity contribution in [2.45, 2.75) is 26.7 Å². The largest absolute Gasteiger partial charge is 0.508 e. The Morgan fingerprint density at radius 1 is 1.26 bits per heavy atom. The maximum absolute atomic E-state index is 12.7. The lowest BCUT2D eigenvalue weighted by Gasteiger charge is -2.29. The van der Waals surface area contributed by atoms with Gasteiger partial charge in [-0.05, 0) is 43.0 Å². The predicted molar refractivity (Wildman–Crippen MR) is 91.6 cm³/mol. The first-order valence-electron chi connectivity index (χ1n) is 7.94. The molecule has 0 aliphatic carbocycles. The van der Waals surface area contributed by atoms with Crippen molar-refractivity contribution >= 4 is 18.1 Å². The second-order valence-electron chi connectivity index (χ2n) is 5.95. The molecule has 0 fully saturated rings. The highest BCUT2D eigenvalue weighted by atomic mass is 16.3. The zero-order valence-corrected chi connectivity index (χ0v) is 14.2. The van der Waals surface area contributed by atoms with E-state index in [-0.39, 0.29) is 11.8 Å². The quantitative estimate of drug-likeness (QED) is 0.542. The van der Waals surface area contributed by atoms with Gasteiger partial charge in [0.1, 0.15) is 5.75 Å². The molecule has 0 unspecified atom stereocenters. The van der Waals surface area contributed by atoms with Gasteiger partial charge in [-0.1, -0.05) is 13.8 Å². The molecule has 0 atom stereocenters. The number of nitrogens with one attached hydrogen (secondary N) is 1. The summed E-state index contributed by atoms with van der Waals surface area (Å²) in [6.45, 7) is 6.08. The highest BCUT2D eigenvalue weighted by Crippen LogP contribution is 2.19. The standard InChI is InChI=1S/C17H27N3O3/c1-14(2)9-12-20(11-4-10-18-13-21)17(23)19(3)15-5-7-16(22)8-6-15/h5-8,13-14,22H,4,9-12H2,1-3H3,(H,18,21). The number of phenolic OH excluding ortho intramolecular Hbond substituents is 1. The minimum atomic E-state index is -0.0811. The number of anilines is 1. The van der Waals surface area contributed by atoms with E-state index in [4.69, 9.17) is 0 Å². The molecule has 23 heavy (non-hydrogen) atoms. The van der Waals surface area contributed by atoms with Crippen LogP contribution in [-0.4, -0.2) is 49.1 Å². The molecule has 0 radical (unpaired) electrons. The molecule has 1 aromatic rings. The monoisotopic (exact) mass is 321 g/mol. The van der Waals surface area contributed by atoms with Crippen molar-refractivity contribution in [3.8, 4) is 5.75 Å². The predicted octanol–water partition coefficient (Wildman–Crippen LogP) is 2.43. The highest BCUT2D eigenvalue weighted by Gasteiger charge is 2.19. The van der Waals surface area contributed by atoms with Gasteiger partial charge in [0.15, 0.2) is 0 Å². The minimum absolute atomic E-state index is 0.0811. The van der Waals surface area contributed by atoms with Crippen molar-refractivity contribution in [1.29, 1.82) is 0 Å². The van der Waals surface area contributed by atoms with Crippen molar-refractivity contribution in [1.82, 2.24) is 10.2 Å². The number of hydrogen-bond acceptors (Lipinski definition) is 3. The number of carbonyl (C=O) groups excluding carboxylic acids is 2. The zero-order valence-electron chi connectivity index (χ0n) is 14.2. The van der Waals surface area contributed by atoms with Crippen LogP contribution in [0.1, 0.15) is 26.7 Å². The zero-order chi connectivity index (χ0) is 17.2. The van der Waals surface area contributed by atoms with E-state index in [1.54, 1.807) is 41.1 Å². The summed E-state index contributed by atoms with van der Waals surface area (Å²) in [5.74, 6) is 0.684. The SMILES string of the molecule is CC(C)CCN(CCCNC=O)C(=O)N(C)c1ccc(O)cc1. The molecule has 0 bridgehead atoms. The van der Waals surface area contributed by atoms with Crippen LogP contribution in [0.15, 0.2) is 24.3 Å². The fraction of sp³-hybridized carbons (Fsp3) is 0.529. The molecule has 0 spiro atoms. The summed E-state index contributed by atoms with van der Waals surface area (Å²) in [5, 5.41) is 12.0. The van der Waals surface area contributed by atoms with Crippen LogP contribution in [0.5, 0.6) is 5.75 Å². The van der Waals surface area contributed by atoms with Gasteiger partial charge in [0.25, 0.3) is 0 Å². The van der Waals surface area contributed by atoms with E-state index in [2.05, 4.69) is 19.2 Å². The Hall–Kier alpha value is -2.24. The molecule has 6 heteroatoms. The molecular weight excluding hydrogens is 294 g/mol. The van der Waals surface area contributed by atoms with Crippen molar-refractivity contribution in [2.75, 3.05) is 31.6 Å². The van der Waals surface area contributed by atoms with Crippen molar-refractivity contribution in [2.24, 2.45) is 5.92 Å². The Labute approximate surface area is 138 Å². The van der Waals surface area contributed by atoms with Gasteiger partial charge in [0.05, 0.1) is 0 Å². The van der Waals surface area contributed by atoms with Crippen LogP contribution in [0, 0.1) is 5.92 Å². The molecule has 0 saturated carbocycles. The van der Waals surface area contributed by atoms with E-state index in [9.17, 15) is 14.7 Å². The Kier molecular flexibility index (Phi) is 7.94. The number of urea groups is 1. The van der Waals surface area contributed by atoms with Crippen molar-refractivity contribution in [3.63, 3.8) is 0 Å². The van der Waals surface area contributed by atoms with E-state index in [0.717, 1.165) is 12.1 Å². The number of nitrogens with zero attached hydrogens (tertiary/aromatic N) is 2. The number of benzene rings is 1. The Bertz CT molecular complexity index is 488. The second-order valence-corrected chi connectivity index (χ2v) is 5.95. The first-order chi connectivity index (χ1) is 11.0. The summed E-state index contributed by atoms with van der Waals surface area (Å²) in [4.78, 5) is 26.4. The minimum Gasteiger partial charge on any atom is -0.508 e. The smallest absolute Gasteiger partial charge is 0.324 e. The number of aromatic hydroxyl groups is 1. The van der Waals surface area contributed by atoms with Crippen LogP contribution in [-0.2, 0) is 4.79 Å². The lowest BCUT2D eigenvalue weighted by molar-refractivity contribution is -0.109. The highest BCUT2D eigenvalue weighted by molar-refractivity contribution is 5.91. The van der Waals surface area contributed by atoms with E-state index in [0.29, 0.717) is 38.4 Å². The van der Waals surface area contributed by atoms with Crippen molar-refractivity contribution in [3.05, 3.63) is 24.3 Å². The molecular formula is C17H27N3O3. The third kappa shape index (κ3) is 6.59. The molecule has 0 aliphatic heterocycles. The molecule has 3 amide bonds. The maximum atomic E-state index is 12.7. The van der Waals surface area contributed by atoms with E-state index >= 15 is 0 Å². The number of carbonyl (C=O) groups is 2. The third-order valence-electron chi connectivity index (χ3n) is 3.60. The van der Waals surface area contributed by atoms with Crippen LogP contribution in [0.4, 0.5) is 10.5 Å². The van der Waals surface area contributed by atoms with Crippen LogP contribution in [0.25, 0.3) is 0 Å². The van der Waals surface area contributed by atoms with E-state index in [1.165, 1.54) is 0 Å². The topological polar surface area (TPSA) is 72.9 Å². The Balaban J connectivity index is 2.70. The summed E-state index contributed by atoms with van der Waals surface area (Å²) in [6.07, 6.45) is 2.31. The fourth-order valence-corrected chi connectivity index (χ4v) is 2.15. The molecule has 1 rings (SSSR count). The van der Waals surface area contributed by atoms with E-state index in [1.807, 2.05) is 0 Å². The summed E-state index contributed by atoms with van der Waals surface area (Å²) in [7, 11) is 1.72. The molecule has 0 aromatic heterocycles. The molecule has 128 valence electrons. The maximum Gasteiger partial charge on any atom is 0.324 e. The van der Waals surface area contributed by atoms with Crippen LogP contribution in [0.3, 0.4) is 0 Å². The van der Waals surface area contributed by atoms with Crippen LogP contribution >= 0.6 is 0 Å². The Morgan fingerprint density at radius 2 is 1.91 bits per heavy atom. The van der Waals surface area contributed by atoms with Gasteiger partial charge in [-0.2, -0.15) is 0 Å². The molecule has 0 saturated heterocycles. The molecule has 2 N–H and O–H groups in total. The molecule has 6 nitrogen and oxygen atoms in total. The van der Waals surface area contributed by atoms with Crippen molar-refractivity contribution < 1.29 is 14.7 Å². The van der Waals surface area contributed by atoms with E-state index < -0.39 is 0 Å². The van der Waals surface area contributed by atoms with Gasteiger partial charge in [-0.3, -0.25) is 9.69 Å². The van der Waals surface area contributed by atoms with Gasteiger partial charge in [-0.25, -0.2) is 4.79 Å². The number of hydrogen-bond donors (Lipinski definition) is 2. The molecule has 0 heterocycles. The lowest BCUT2D eigenvalue weighted by atomic mass is 10.1. The summed E-state index contributed by atoms with van der Waals surface area (Å²) in [6, 6.07) is 6.46. The van der Waals surface area contributed by atoms with Gasteiger partial charge in [0.2, 0.25) is 6.41 Å². The summed E-state index contributed by atoms with van der Waals surface area (Å²) in [5.41, 5.74) is 0.730. The normalized spacial score (nSPS) is 10.4. The average molecular weight is 321 g/mol. The molecule has 1 aromatic carbocycles. The van der Waals surface area contributed by atoms with Crippen LogP contribution < -0.4 is 10.2 Å². The first kappa shape index (κ1) is 18.8. The summed E-state index contributed by atoms with van der Waals surface area (Å²) >= 11 is 0. The molecule has 0 aliphatic rings. The van der Waals surface area contributed by atoms with Gasteiger partial charge >= 0.3 is 6.03 Å². The van der Waals surface area contributed by atoms with Crippen LogP contribution in [0.2, 0.25) is 0 Å². The third-order valence-corrected chi connectivity index (χ3v) is 3.60. The van der Waals surface area contributed by atoms with Gasteiger partial charge < -0.3 is 15.3 Å². The number of rotatable bonds is 9. The number of phenols is 1. The second kappa shape index (κ2) is 9.71. The first-order valence-corrected chi connectivity index (χ1v) is 7.94. The summed E-state index contributed by atoms with van der Waals surface area (Å²) < 4.78 is 0. The Morgan fingerprint density at radius 3 is 2.48 bits per heavy atom.